The van der Waals surface area contributed by atoms with Crippen LogP contribution in [0.15, 0.2) is 39.6 Å². The van der Waals surface area contributed by atoms with Gasteiger partial charge in [0.15, 0.2) is 0 Å². The molecule has 0 spiro atoms. The van der Waals surface area contributed by atoms with E-state index in [1.807, 2.05) is 18.2 Å². The summed E-state index contributed by atoms with van der Waals surface area (Å²) in [7, 11) is 0. The molecular formula is C10H10N2OS. The SMILES string of the molecule is Cc1nnc(CSc2ccccc2)o1. The Morgan fingerprint density at radius 3 is 2.64 bits per heavy atom. The summed E-state index contributed by atoms with van der Waals surface area (Å²) in [6.45, 7) is 1.80. The number of thioether (sulfide) groups is 1. The molecule has 14 heavy (non-hydrogen) atoms. The Hall–Kier alpha value is -1.29. The average molecular weight is 206 g/mol. The van der Waals surface area contributed by atoms with Crippen molar-refractivity contribution in [3.63, 3.8) is 0 Å². The lowest BCUT2D eigenvalue weighted by Crippen LogP contribution is -1.79. The Kier molecular flexibility index (Phi) is 2.84. The minimum absolute atomic E-state index is 0.619. The van der Waals surface area contributed by atoms with Crippen LogP contribution in [0.4, 0.5) is 0 Å². The molecule has 0 N–H and O–H groups in total. The van der Waals surface area contributed by atoms with Crippen LogP contribution in [0.3, 0.4) is 0 Å². The molecule has 2 rings (SSSR count). The van der Waals surface area contributed by atoms with Crippen LogP contribution in [0.5, 0.6) is 0 Å². The second-order valence-electron chi connectivity index (χ2n) is 2.82. The highest BCUT2D eigenvalue weighted by molar-refractivity contribution is 7.98. The van der Waals surface area contributed by atoms with Gasteiger partial charge in [0.25, 0.3) is 0 Å². The van der Waals surface area contributed by atoms with Gasteiger partial charge in [-0.05, 0) is 12.1 Å². The van der Waals surface area contributed by atoms with Gasteiger partial charge in [0, 0.05) is 11.8 Å². The standard InChI is InChI=1S/C10H10N2OS/c1-8-11-12-10(13-8)7-14-9-5-3-2-4-6-9/h2-6H,7H2,1H3. The quantitative estimate of drug-likeness (QED) is 0.724. The summed E-state index contributed by atoms with van der Waals surface area (Å²) in [5.41, 5.74) is 0. The van der Waals surface area contributed by atoms with E-state index in [2.05, 4.69) is 22.3 Å². The fraction of sp³-hybridized carbons (Fsp3) is 0.200. The van der Waals surface area contributed by atoms with E-state index < -0.39 is 0 Å². The first-order chi connectivity index (χ1) is 6.84. The smallest absolute Gasteiger partial charge is 0.226 e. The molecule has 1 aromatic carbocycles. The lowest BCUT2D eigenvalue weighted by molar-refractivity contribution is 0.485. The Morgan fingerprint density at radius 1 is 1.21 bits per heavy atom. The van der Waals surface area contributed by atoms with Gasteiger partial charge in [-0.1, -0.05) is 18.2 Å². The van der Waals surface area contributed by atoms with Gasteiger partial charge in [0.2, 0.25) is 11.8 Å². The highest BCUT2D eigenvalue weighted by Crippen LogP contribution is 2.21. The van der Waals surface area contributed by atoms with Crippen LogP contribution in [0.2, 0.25) is 0 Å². The van der Waals surface area contributed by atoms with Crippen molar-refractivity contribution < 1.29 is 4.42 Å². The minimum atomic E-state index is 0.619. The van der Waals surface area contributed by atoms with Crippen molar-refractivity contribution in [1.82, 2.24) is 10.2 Å². The van der Waals surface area contributed by atoms with E-state index in [0.717, 1.165) is 5.75 Å². The first-order valence-corrected chi connectivity index (χ1v) is 5.30. The van der Waals surface area contributed by atoms with E-state index in [1.54, 1.807) is 18.7 Å². The molecule has 0 aliphatic heterocycles. The number of hydrogen-bond donors (Lipinski definition) is 0. The number of nitrogens with zero attached hydrogens (tertiary/aromatic N) is 2. The molecule has 4 heteroatoms. The van der Waals surface area contributed by atoms with Crippen LogP contribution in [0, 0.1) is 6.92 Å². The average Bonchev–Trinajstić information content (AvgIpc) is 2.63. The molecule has 0 bridgehead atoms. The van der Waals surface area contributed by atoms with Crippen LogP contribution in [-0.2, 0) is 5.75 Å². The van der Waals surface area contributed by atoms with E-state index in [0.29, 0.717) is 11.8 Å². The summed E-state index contributed by atoms with van der Waals surface area (Å²) < 4.78 is 5.26. The lowest BCUT2D eigenvalue weighted by atomic mass is 10.4. The van der Waals surface area contributed by atoms with Gasteiger partial charge in [-0.15, -0.1) is 22.0 Å². The van der Waals surface area contributed by atoms with E-state index in [4.69, 9.17) is 4.42 Å². The summed E-state index contributed by atoms with van der Waals surface area (Å²) in [4.78, 5) is 1.21. The van der Waals surface area contributed by atoms with Gasteiger partial charge in [-0.25, -0.2) is 0 Å². The zero-order valence-corrected chi connectivity index (χ0v) is 8.62. The van der Waals surface area contributed by atoms with Crippen LogP contribution < -0.4 is 0 Å². The van der Waals surface area contributed by atoms with E-state index in [9.17, 15) is 0 Å². The molecule has 0 atom stereocenters. The van der Waals surface area contributed by atoms with Crippen molar-refractivity contribution in [3.8, 4) is 0 Å². The number of rotatable bonds is 3. The Bertz CT molecular complexity index is 400. The van der Waals surface area contributed by atoms with Crippen molar-refractivity contribution in [3.05, 3.63) is 42.1 Å². The molecule has 0 aliphatic rings. The maximum Gasteiger partial charge on any atom is 0.226 e. The molecule has 0 saturated carbocycles. The molecule has 3 nitrogen and oxygen atoms in total. The molecule has 0 unspecified atom stereocenters. The predicted molar refractivity (Wildman–Crippen MR) is 55.0 cm³/mol. The van der Waals surface area contributed by atoms with Crippen LogP contribution in [-0.4, -0.2) is 10.2 Å². The Morgan fingerprint density at radius 2 is 2.00 bits per heavy atom. The van der Waals surface area contributed by atoms with Crippen molar-refractivity contribution in [2.45, 2.75) is 17.6 Å². The van der Waals surface area contributed by atoms with Gasteiger partial charge < -0.3 is 4.42 Å². The maximum absolute atomic E-state index is 5.26. The van der Waals surface area contributed by atoms with Gasteiger partial charge >= 0.3 is 0 Å². The van der Waals surface area contributed by atoms with Gasteiger partial charge in [-0.3, -0.25) is 0 Å². The largest absolute Gasteiger partial charge is 0.425 e. The third kappa shape index (κ3) is 2.35. The van der Waals surface area contributed by atoms with E-state index >= 15 is 0 Å². The molecule has 0 saturated heterocycles. The zero-order valence-electron chi connectivity index (χ0n) is 7.80. The summed E-state index contributed by atoms with van der Waals surface area (Å²) in [6.07, 6.45) is 0. The second-order valence-corrected chi connectivity index (χ2v) is 3.87. The Labute approximate surface area is 86.5 Å². The van der Waals surface area contributed by atoms with Gasteiger partial charge in [0.1, 0.15) is 0 Å². The molecule has 72 valence electrons. The van der Waals surface area contributed by atoms with Crippen molar-refractivity contribution >= 4 is 11.8 Å². The summed E-state index contributed by atoms with van der Waals surface area (Å²) >= 11 is 1.69. The van der Waals surface area contributed by atoms with Crippen LogP contribution in [0.25, 0.3) is 0 Å². The molecule has 1 heterocycles. The highest BCUT2D eigenvalue weighted by atomic mass is 32.2. The number of hydrogen-bond acceptors (Lipinski definition) is 4. The molecule has 2 aromatic rings. The summed E-state index contributed by atoms with van der Waals surface area (Å²) in [5, 5.41) is 7.69. The highest BCUT2D eigenvalue weighted by Gasteiger charge is 2.02. The van der Waals surface area contributed by atoms with Crippen molar-refractivity contribution in [2.75, 3.05) is 0 Å². The van der Waals surface area contributed by atoms with Crippen molar-refractivity contribution in [1.29, 1.82) is 0 Å². The fourth-order valence-corrected chi connectivity index (χ4v) is 1.81. The molecule has 1 aromatic heterocycles. The number of aryl methyl sites for hydroxylation is 1. The third-order valence-electron chi connectivity index (χ3n) is 1.67. The van der Waals surface area contributed by atoms with Gasteiger partial charge in [-0.2, -0.15) is 0 Å². The maximum atomic E-state index is 5.26. The fourth-order valence-electron chi connectivity index (χ4n) is 1.06. The van der Waals surface area contributed by atoms with Crippen LogP contribution in [0.1, 0.15) is 11.8 Å². The van der Waals surface area contributed by atoms with E-state index in [1.165, 1.54) is 4.90 Å². The number of benzene rings is 1. The third-order valence-corrected chi connectivity index (χ3v) is 2.67. The van der Waals surface area contributed by atoms with Crippen LogP contribution >= 0.6 is 11.8 Å². The molecule has 0 radical (unpaired) electrons. The first kappa shape index (κ1) is 9.27. The minimum Gasteiger partial charge on any atom is -0.425 e. The summed E-state index contributed by atoms with van der Waals surface area (Å²) in [5.74, 6) is 2.02. The van der Waals surface area contributed by atoms with Crippen molar-refractivity contribution in [2.24, 2.45) is 0 Å². The predicted octanol–water partition coefficient (Wildman–Crippen LogP) is 2.67. The molecule has 0 aliphatic carbocycles. The molecule has 0 amide bonds. The normalized spacial score (nSPS) is 10.4. The zero-order chi connectivity index (χ0) is 9.80. The lowest BCUT2D eigenvalue weighted by Gasteiger charge is -1.96. The molecule has 0 fully saturated rings. The Balaban J connectivity index is 1.95. The topological polar surface area (TPSA) is 38.9 Å². The van der Waals surface area contributed by atoms with Gasteiger partial charge in [0.05, 0.1) is 5.75 Å². The monoisotopic (exact) mass is 206 g/mol. The number of aromatic nitrogens is 2. The second kappa shape index (κ2) is 4.28. The molecular weight excluding hydrogens is 196 g/mol. The summed E-state index contributed by atoms with van der Waals surface area (Å²) in [6, 6.07) is 10.2. The van der Waals surface area contributed by atoms with E-state index in [-0.39, 0.29) is 0 Å². The first-order valence-electron chi connectivity index (χ1n) is 4.31.